The van der Waals surface area contributed by atoms with Gasteiger partial charge in [0.05, 0.1) is 0 Å². The first-order chi connectivity index (χ1) is 15.4. The Labute approximate surface area is 191 Å². The van der Waals surface area contributed by atoms with E-state index in [0.29, 0.717) is 43.4 Å². The molecule has 2 heterocycles. The van der Waals surface area contributed by atoms with Crippen molar-refractivity contribution in [1.29, 1.82) is 0 Å². The van der Waals surface area contributed by atoms with Crippen molar-refractivity contribution >= 4 is 17.5 Å². The quantitative estimate of drug-likeness (QED) is 0.677. The third-order valence-electron chi connectivity index (χ3n) is 6.35. The lowest BCUT2D eigenvalue weighted by atomic mass is 9.95. The number of allylic oxidation sites excluding steroid dienone is 6. The van der Waals surface area contributed by atoms with Crippen LogP contribution in [0, 0.1) is 12.8 Å². The average molecular weight is 465 g/mol. The summed E-state index contributed by atoms with van der Waals surface area (Å²) in [6, 6.07) is 1.62. The number of carbonyl (C=O) groups is 1. The number of rotatable bonds is 6. The Kier molecular flexibility index (Phi) is 6.81. The van der Waals surface area contributed by atoms with Crippen molar-refractivity contribution in [3.05, 3.63) is 63.7 Å². The molecular weight excluding hydrogens is 438 g/mol. The summed E-state index contributed by atoms with van der Waals surface area (Å²) in [6.45, 7) is 3.57. The van der Waals surface area contributed by atoms with Gasteiger partial charge in [0, 0.05) is 61.0 Å². The number of nitrogens with zero attached hydrogens (tertiary/aromatic N) is 3. The summed E-state index contributed by atoms with van der Waals surface area (Å²) in [4.78, 5) is 16.7. The molecule has 172 valence electrons. The van der Waals surface area contributed by atoms with E-state index in [1.54, 1.807) is 17.9 Å². The van der Waals surface area contributed by atoms with E-state index in [0.717, 1.165) is 36.6 Å². The molecule has 0 radical (unpaired) electrons. The van der Waals surface area contributed by atoms with Crippen molar-refractivity contribution in [3.8, 4) is 0 Å². The highest BCUT2D eigenvalue weighted by Gasteiger charge is 2.35. The molecule has 6 nitrogen and oxygen atoms in total. The number of nitrogens with two attached hydrogens (primary N) is 1. The Bertz CT molecular complexity index is 1010. The number of halogens is 3. The first kappa shape index (κ1) is 22.7. The zero-order chi connectivity index (χ0) is 22.8. The lowest BCUT2D eigenvalue weighted by Gasteiger charge is -2.37. The van der Waals surface area contributed by atoms with E-state index >= 15 is 0 Å². The monoisotopic (exact) mass is 464 g/mol. The van der Waals surface area contributed by atoms with Crippen molar-refractivity contribution in [3.63, 3.8) is 0 Å². The van der Waals surface area contributed by atoms with Crippen LogP contribution in [0.15, 0.2) is 56.8 Å². The van der Waals surface area contributed by atoms with Crippen LogP contribution in [0.1, 0.15) is 41.9 Å². The predicted octanol–water partition coefficient (Wildman–Crippen LogP) is 4.36. The maximum absolute atomic E-state index is 14.5. The second-order valence-corrected chi connectivity index (χ2v) is 8.92. The molecule has 32 heavy (non-hydrogen) atoms. The van der Waals surface area contributed by atoms with Gasteiger partial charge in [-0.1, -0.05) is 16.8 Å². The lowest BCUT2D eigenvalue weighted by molar-refractivity contribution is 0.0768. The maximum atomic E-state index is 14.5. The molecule has 1 unspecified atom stereocenters. The van der Waals surface area contributed by atoms with Crippen LogP contribution in [0.4, 0.5) is 8.78 Å². The van der Waals surface area contributed by atoms with Crippen molar-refractivity contribution in [2.75, 3.05) is 26.2 Å². The van der Waals surface area contributed by atoms with E-state index in [1.807, 2.05) is 6.08 Å². The van der Waals surface area contributed by atoms with Gasteiger partial charge < -0.3 is 20.1 Å². The number of hydrogen-bond acceptors (Lipinski definition) is 5. The van der Waals surface area contributed by atoms with Gasteiger partial charge in [0.25, 0.3) is 5.91 Å². The third kappa shape index (κ3) is 4.81. The summed E-state index contributed by atoms with van der Waals surface area (Å²) in [5.41, 5.74) is 8.06. The fraction of sp³-hybridized carbons (Fsp3) is 0.478. The Morgan fingerprint density at radius 1 is 1.38 bits per heavy atom. The number of hydrogen-bond donors (Lipinski definition) is 1. The normalized spacial score (nSPS) is 23.8. The molecule has 1 aromatic rings. The zero-order valence-corrected chi connectivity index (χ0v) is 18.7. The molecule has 4 rings (SSSR count). The van der Waals surface area contributed by atoms with Crippen molar-refractivity contribution in [2.45, 2.75) is 38.6 Å². The fourth-order valence-electron chi connectivity index (χ4n) is 4.53. The lowest BCUT2D eigenvalue weighted by Crippen LogP contribution is -2.41. The average Bonchev–Trinajstić information content (AvgIpc) is 3.42. The van der Waals surface area contributed by atoms with Crippen molar-refractivity contribution in [1.82, 2.24) is 15.0 Å². The second-order valence-electron chi connectivity index (χ2n) is 8.51. The molecule has 2 atom stereocenters. The summed E-state index contributed by atoms with van der Waals surface area (Å²) in [7, 11) is 0. The summed E-state index contributed by atoms with van der Waals surface area (Å²) in [6.07, 6.45) is 6.77. The minimum atomic E-state index is -0.540. The summed E-state index contributed by atoms with van der Waals surface area (Å²) in [5.74, 6) is -1.05. The van der Waals surface area contributed by atoms with Crippen LogP contribution in [-0.4, -0.2) is 53.1 Å². The van der Waals surface area contributed by atoms with Gasteiger partial charge in [-0.15, -0.1) is 0 Å². The summed E-state index contributed by atoms with van der Waals surface area (Å²) in [5, 5.41) is 4.45. The van der Waals surface area contributed by atoms with Gasteiger partial charge in [0.1, 0.15) is 17.4 Å². The smallest absolute Gasteiger partial charge is 0.276 e. The van der Waals surface area contributed by atoms with Crippen LogP contribution in [-0.2, 0) is 0 Å². The third-order valence-corrected chi connectivity index (χ3v) is 6.72. The second kappa shape index (κ2) is 9.58. The van der Waals surface area contributed by atoms with E-state index in [4.69, 9.17) is 21.9 Å². The molecule has 0 aromatic carbocycles. The summed E-state index contributed by atoms with van der Waals surface area (Å²) >= 11 is 6.45. The van der Waals surface area contributed by atoms with Crippen LogP contribution in [0.25, 0.3) is 0 Å². The highest BCUT2D eigenvalue weighted by Crippen LogP contribution is 2.34. The molecule has 0 spiro atoms. The Morgan fingerprint density at radius 2 is 2.19 bits per heavy atom. The van der Waals surface area contributed by atoms with Crippen LogP contribution in [0.3, 0.4) is 0 Å². The first-order valence-corrected chi connectivity index (χ1v) is 11.2. The highest BCUT2D eigenvalue weighted by atomic mass is 35.5. The van der Waals surface area contributed by atoms with E-state index in [9.17, 15) is 13.6 Å². The van der Waals surface area contributed by atoms with Gasteiger partial charge in [-0.2, -0.15) is 0 Å². The SMILES string of the molecule is Cc1cc(C(=O)N2CC[C@H](N(CC3CC=C(F)C=C3F)C3=CC(Cl)=C(CN)CC3)C2)no1. The molecule has 1 fully saturated rings. The standard InChI is InChI=1S/C23H27ClF2N4O2/c1-14-8-22(28-32-14)23(31)29-7-6-19(13-29)30(12-16-2-4-17(25)9-21(16)26)18-5-3-15(11-27)20(24)10-18/h4,8-10,16,19H,2-3,5-7,11-13,27H2,1H3/t16?,19-/m0/s1. The first-order valence-electron chi connectivity index (χ1n) is 10.9. The van der Waals surface area contributed by atoms with Crippen LogP contribution >= 0.6 is 11.6 Å². The van der Waals surface area contributed by atoms with Gasteiger partial charge in [0.15, 0.2) is 5.69 Å². The number of aryl methyl sites for hydroxylation is 1. The van der Waals surface area contributed by atoms with E-state index in [1.165, 1.54) is 6.08 Å². The van der Waals surface area contributed by atoms with Gasteiger partial charge in [-0.3, -0.25) is 4.79 Å². The van der Waals surface area contributed by atoms with E-state index in [2.05, 4.69) is 10.1 Å². The number of aromatic nitrogens is 1. The van der Waals surface area contributed by atoms with E-state index < -0.39 is 17.6 Å². The largest absolute Gasteiger partial charge is 0.369 e. The van der Waals surface area contributed by atoms with Gasteiger partial charge in [0.2, 0.25) is 0 Å². The molecular formula is C23H27ClF2N4O2. The highest BCUT2D eigenvalue weighted by molar-refractivity contribution is 6.31. The molecule has 1 saturated heterocycles. The van der Waals surface area contributed by atoms with Crippen molar-refractivity contribution in [2.24, 2.45) is 11.7 Å². The minimum absolute atomic E-state index is 0.00866. The van der Waals surface area contributed by atoms with Crippen molar-refractivity contribution < 1.29 is 18.1 Å². The summed E-state index contributed by atoms with van der Waals surface area (Å²) < 4.78 is 33.0. The van der Waals surface area contributed by atoms with Crippen LogP contribution in [0.2, 0.25) is 0 Å². The Morgan fingerprint density at radius 3 is 2.84 bits per heavy atom. The fourth-order valence-corrected chi connectivity index (χ4v) is 4.83. The number of amides is 1. The Balaban J connectivity index is 1.55. The molecule has 2 aliphatic carbocycles. The zero-order valence-electron chi connectivity index (χ0n) is 18.0. The van der Waals surface area contributed by atoms with E-state index in [-0.39, 0.29) is 17.6 Å². The molecule has 0 saturated carbocycles. The maximum Gasteiger partial charge on any atom is 0.276 e. The van der Waals surface area contributed by atoms with Gasteiger partial charge in [-0.05, 0) is 50.3 Å². The van der Waals surface area contributed by atoms with Gasteiger partial charge >= 0.3 is 0 Å². The van der Waals surface area contributed by atoms with Gasteiger partial charge in [-0.25, -0.2) is 8.78 Å². The molecule has 0 bridgehead atoms. The Hall–Kier alpha value is -2.45. The molecule has 2 N–H and O–H groups in total. The predicted molar refractivity (Wildman–Crippen MR) is 118 cm³/mol. The van der Waals surface area contributed by atoms with Crippen LogP contribution in [0.5, 0.6) is 0 Å². The topological polar surface area (TPSA) is 75.6 Å². The number of carbonyl (C=O) groups excluding carboxylic acids is 1. The molecule has 3 aliphatic rings. The molecule has 1 amide bonds. The van der Waals surface area contributed by atoms with Crippen LogP contribution < -0.4 is 5.73 Å². The molecule has 1 aromatic heterocycles. The molecule has 9 heteroatoms. The number of likely N-dealkylation sites (tertiary alicyclic amines) is 1. The molecule has 1 aliphatic heterocycles. The minimum Gasteiger partial charge on any atom is -0.369 e.